The molecule has 0 spiro atoms. The number of imidazole rings is 1. The number of nitrogens with one attached hydrogen (secondary N) is 1. The number of fused-ring (bicyclic) bond motifs is 1. The Bertz CT molecular complexity index is 1250. The van der Waals surface area contributed by atoms with Gasteiger partial charge in [0.15, 0.2) is 0 Å². The van der Waals surface area contributed by atoms with E-state index in [9.17, 15) is 8.42 Å². The third-order valence-electron chi connectivity index (χ3n) is 5.22. The lowest BCUT2D eigenvalue weighted by atomic mass is 10.1. The molecule has 0 saturated heterocycles. The van der Waals surface area contributed by atoms with E-state index in [1.165, 1.54) is 5.56 Å². The number of aryl methyl sites for hydroxylation is 3. The Balaban J connectivity index is 1.52. The Morgan fingerprint density at radius 2 is 1.57 bits per heavy atom. The monoisotopic (exact) mass is 419 g/mol. The predicted octanol–water partition coefficient (Wildman–Crippen LogP) is 4.11. The smallest absolute Gasteiger partial charge is 0.240 e. The summed E-state index contributed by atoms with van der Waals surface area (Å²) in [5.74, 6) is 0.968. The van der Waals surface area contributed by atoms with Crippen LogP contribution >= 0.6 is 0 Å². The fourth-order valence-corrected chi connectivity index (χ4v) is 4.96. The molecule has 0 aliphatic heterocycles. The zero-order valence-corrected chi connectivity index (χ0v) is 17.8. The topological polar surface area (TPSA) is 64.0 Å². The van der Waals surface area contributed by atoms with E-state index < -0.39 is 10.0 Å². The van der Waals surface area contributed by atoms with Crippen molar-refractivity contribution in [3.8, 4) is 0 Å². The summed E-state index contributed by atoms with van der Waals surface area (Å²) in [6.07, 6.45) is 1.68. The number of sulfonamides is 1. The number of benzene rings is 3. The van der Waals surface area contributed by atoms with Crippen LogP contribution < -0.4 is 4.72 Å². The molecule has 0 radical (unpaired) electrons. The normalized spacial score (nSPS) is 11.8. The quantitative estimate of drug-likeness (QED) is 0.467. The molecule has 0 saturated carbocycles. The minimum absolute atomic E-state index is 0.301. The van der Waals surface area contributed by atoms with Crippen LogP contribution in [0.1, 0.15) is 17.0 Å². The summed E-state index contributed by atoms with van der Waals surface area (Å²) in [6, 6.07) is 25.3. The van der Waals surface area contributed by atoms with E-state index in [-0.39, 0.29) is 0 Å². The molecule has 4 rings (SSSR count). The van der Waals surface area contributed by atoms with E-state index in [1.807, 2.05) is 48.5 Å². The molecule has 0 unspecified atom stereocenters. The van der Waals surface area contributed by atoms with Gasteiger partial charge in [0.25, 0.3) is 0 Å². The zero-order chi connectivity index (χ0) is 21.0. The summed E-state index contributed by atoms with van der Waals surface area (Å²) in [6.45, 7) is 2.63. The molecular weight excluding hydrogens is 394 g/mol. The third-order valence-corrected chi connectivity index (χ3v) is 6.85. The van der Waals surface area contributed by atoms with Crippen LogP contribution in [0.2, 0.25) is 0 Å². The first-order chi connectivity index (χ1) is 14.5. The van der Waals surface area contributed by atoms with Gasteiger partial charge >= 0.3 is 0 Å². The molecule has 1 N–H and O–H groups in total. The van der Waals surface area contributed by atoms with Gasteiger partial charge < -0.3 is 4.57 Å². The first kappa shape index (κ1) is 20.3. The standard InChI is InChI=1S/C24H25N3O2S/c1-19-9-5-8-14-23(19)30(28,29)25-17-18-27-22-13-7-6-12-21(22)26-24(27)16-15-20-10-3-2-4-11-20/h2-14,25H,15-18H2,1H3. The second kappa shape index (κ2) is 8.81. The van der Waals surface area contributed by atoms with Gasteiger partial charge in [0, 0.05) is 19.5 Å². The Kier molecular flexibility index (Phi) is 5.97. The minimum Gasteiger partial charge on any atom is -0.327 e. The molecule has 0 amide bonds. The van der Waals surface area contributed by atoms with Crippen molar-refractivity contribution in [1.29, 1.82) is 0 Å². The fourth-order valence-electron chi connectivity index (χ4n) is 3.69. The summed E-state index contributed by atoms with van der Waals surface area (Å²) in [4.78, 5) is 5.12. The maximum Gasteiger partial charge on any atom is 0.240 e. The van der Waals surface area contributed by atoms with Crippen LogP contribution in [-0.4, -0.2) is 24.5 Å². The van der Waals surface area contributed by atoms with Crippen LogP contribution in [0.5, 0.6) is 0 Å². The van der Waals surface area contributed by atoms with Gasteiger partial charge in [-0.1, -0.05) is 60.7 Å². The number of hydrogen-bond acceptors (Lipinski definition) is 3. The maximum absolute atomic E-state index is 12.7. The van der Waals surface area contributed by atoms with Crippen molar-refractivity contribution in [3.05, 3.63) is 95.8 Å². The highest BCUT2D eigenvalue weighted by Crippen LogP contribution is 2.18. The summed E-state index contributed by atoms with van der Waals surface area (Å²) >= 11 is 0. The molecule has 0 atom stereocenters. The summed E-state index contributed by atoms with van der Waals surface area (Å²) in [5.41, 5.74) is 3.95. The maximum atomic E-state index is 12.7. The van der Waals surface area contributed by atoms with Crippen LogP contribution in [0, 0.1) is 6.92 Å². The lowest BCUT2D eigenvalue weighted by molar-refractivity contribution is 0.570. The van der Waals surface area contributed by atoms with E-state index in [4.69, 9.17) is 4.98 Å². The predicted molar refractivity (Wildman–Crippen MR) is 120 cm³/mol. The Morgan fingerprint density at radius 1 is 0.867 bits per heavy atom. The third kappa shape index (κ3) is 4.45. The van der Waals surface area contributed by atoms with E-state index in [1.54, 1.807) is 25.1 Å². The molecule has 30 heavy (non-hydrogen) atoms. The van der Waals surface area contributed by atoms with E-state index in [0.29, 0.717) is 18.0 Å². The Labute approximate surface area is 177 Å². The summed E-state index contributed by atoms with van der Waals surface area (Å²) in [5, 5.41) is 0. The molecule has 0 aliphatic rings. The number of para-hydroxylation sites is 2. The highest BCUT2D eigenvalue weighted by atomic mass is 32.2. The van der Waals surface area contributed by atoms with Crippen molar-refractivity contribution in [2.24, 2.45) is 0 Å². The molecule has 6 heteroatoms. The van der Waals surface area contributed by atoms with Gasteiger partial charge in [-0.2, -0.15) is 0 Å². The zero-order valence-electron chi connectivity index (χ0n) is 17.0. The van der Waals surface area contributed by atoms with Gasteiger partial charge in [-0.05, 0) is 42.7 Å². The molecular formula is C24H25N3O2S. The molecule has 3 aromatic carbocycles. The van der Waals surface area contributed by atoms with Gasteiger partial charge in [0.05, 0.1) is 15.9 Å². The largest absolute Gasteiger partial charge is 0.327 e. The van der Waals surface area contributed by atoms with Crippen LogP contribution in [0.3, 0.4) is 0 Å². The van der Waals surface area contributed by atoms with Crippen molar-refractivity contribution in [2.75, 3.05) is 6.54 Å². The number of nitrogens with zero attached hydrogens (tertiary/aromatic N) is 2. The van der Waals surface area contributed by atoms with Gasteiger partial charge in [0.2, 0.25) is 10.0 Å². The average Bonchev–Trinajstić information content (AvgIpc) is 3.11. The van der Waals surface area contributed by atoms with Crippen molar-refractivity contribution in [3.63, 3.8) is 0 Å². The van der Waals surface area contributed by atoms with Crippen LogP contribution in [0.4, 0.5) is 0 Å². The van der Waals surface area contributed by atoms with Crippen molar-refractivity contribution in [2.45, 2.75) is 31.2 Å². The highest BCUT2D eigenvalue weighted by Gasteiger charge is 2.16. The molecule has 154 valence electrons. The minimum atomic E-state index is -3.55. The Morgan fingerprint density at radius 3 is 2.37 bits per heavy atom. The van der Waals surface area contributed by atoms with E-state index >= 15 is 0 Å². The van der Waals surface area contributed by atoms with Crippen molar-refractivity contribution in [1.82, 2.24) is 14.3 Å². The molecule has 1 aromatic heterocycles. The van der Waals surface area contributed by atoms with Crippen LogP contribution in [0.15, 0.2) is 83.8 Å². The SMILES string of the molecule is Cc1ccccc1S(=O)(=O)NCCn1c(CCc2ccccc2)nc2ccccc21. The summed E-state index contributed by atoms with van der Waals surface area (Å²) in [7, 11) is -3.55. The molecule has 1 heterocycles. The fraction of sp³-hybridized carbons (Fsp3) is 0.208. The van der Waals surface area contributed by atoms with Crippen LogP contribution in [0.25, 0.3) is 11.0 Å². The van der Waals surface area contributed by atoms with Gasteiger partial charge in [-0.15, -0.1) is 0 Å². The number of aromatic nitrogens is 2. The van der Waals surface area contributed by atoms with Gasteiger partial charge in [0.1, 0.15) is 5.82 Å². The lowest BCUT2D eigenvalue weighted by Crippen LogP contribution is -2.28. The Hall–Kier alpha value is -2.96. The van der Waals surface area contributed by atoms with E-state index in [2.05, 4.69) is 21.4 Å². The average molecular weight is 420 g/mol. The van der Waals surface area contributed by atoms with Crippen molar-refractivity contribution < 1.29 is 8.42 Å². The number of hydrogen-bond donors (Lipinski definition) is 1. The second-order valence-corrected chi connectivity index (χ2v) is 9.05. The highest BCUT2D eigenvalue weighted by molar-refractivity contribution is 7.89. The second-order valence-electron chi connectivity index (χ2n) is 7.32. The molecule has 4 aromatic rings. The summed E-state index contributed by atoms with van der Waals surface area (Å²) < 4.78 is 30.3. The first-order valence-corrected chi connectivity index (χ1v) is 11.6. The first-order valence-electron chi connectivity index (χ1n) is 10.1. The molecule has 0 bridgehead atoms. The van der Waals surface area contributed by atoms with Gasteiger partial charge in [-0.25, -0.2) is 18.1 Å². The van der Waals surface area contributed by atoms with E-state index in [0.717, 1.165) is 35.3 Å². The molecule has 0 aliphatic carbocycles. The molecule has 0 fully saturated rings. The van der Waals surface area contributed by atoms with Crippen molar-refractivity contribution >= 4 is 21.1 Å². The van der Waals surface area contributed by atoms with Crippen LogP contribution in [-0.2, 0) is 29.4 Å². The lowest BCUT2D eigenvalue weighted by Gasteiger charge is -2.12. The van der Waals surface area contributed by atoms with Gasteiger partial charge in [-0.3, -0.25) is 0 Å². The number of rotatable bonds is 8. The molecule has 5 nitrogen and oxygen atoms in total.